The van der Waals surface area contributed by atoms with Crippen molar-refractivity contribution in [3.8, 4) is 0 Å². The van der Waals surface area contributed by atoms with Crippen molar-refractivity contribution < 1.29 is 4.79 Å². The molecule has 0 saturated heterocycles. The number of nitrogens with one attached hydrogen (secondary N) is 2. The van der Waals surface area contributed by atoms with Crippen molar-refractivity contribution in [1.29, 1.82) is 0 Å². The normalized spacial score (nSPS) is 18.6. The lowest BCUT2D eigenvalue weighted by molar-refractivity contribution is -0.123. The van der Waals surface area contributed by atoms with E-state index in [9.17, 15) is 4.79 Å². The van der Waals surface area contributed by atoms with Gasteiger partial charge in [0.05, 0.1) is 22.6 Å². The zero-order valence-corrected chi connectivity index (χ0v) is 10.2. The summed E-state index contributed by atoms with van der Waals surface area (Å²) >= 11 is 0. The van der Waals surface area contributed by atoms with Crippen LogP contribution in [0.2, 0.25) is 0 Å². The molecule has 0 radical (unpaired) electrons. The summed E-state index contributed by atoms with van der Waals surface area (Å²) in [5.41, 5.74) is 7.09. The maximum atomic E-state index is 11.8. The maximum absolute atomic E-state index is 11.8. The minimum absolute atomic E-state index is 0.0875. The van der Waals surface area contributed by atoms with Gasteiger partial charge in [0.25, 0.3) is 0 Å². The molecule has 0 bridgehead atoms. The van der Waals surface area contributed by atoms with Gasteiger partial charge in [-0.15, -0.1) is 0 Å². The van der Waals surface area contributed by atoms with Gasteiger partial charge >= 0.3 is 0 Å². The van der Waals surface area contributed by atoms with Crippen molar-refractivity contribution in [2.45, 2.75) is 31.3 Å². The largest absolute Gasteiger partial charge is 0.345 e. The number of carbonyl (C=O) groups is 1. The van der Waals surface area contributed by atoms with E-state index >= 15 is 0 Å². The number of hydrogen-bond acceptors (Lipinski definition) is 3. The van der Waals surface area contributed by atoms with Gasteiger partial charge in [-0.3, -0.25) is 4.79 Å². The van der Waals surface area contributed by atoms with E-state index in [0.717, 1.165) is 29.7 Å². The van der Waals surface area contributed by atoms with Gasteiger partial charge in [0, 0.05) is 0 Å². The number of para-hydroxylation sites is 2. The Morgan fingerprint density at radius 3 is 2.89 bits per heavy atom. The lowest BCUT2D eigenvalue weighted by atomic mass is 10.2. The Morgan fingerprint density at radius 1 is 1.50 bits per heavy atom. The van der Waals surface area contributed by atoms with E-state index < -0.39 is 5.54 Å². The van der Waals surface area contributed by atoms with E-state index in [4.69, 9.17) is 5.73 Å². The molecule has 2 aromatic rings. The minimum Gasteiger partial charge on any atom is -0.345 e. The number of fused-ring (bicyclic) bond motifs is 1. The fraction of sp³-hybridized carbons (Fsp3) is 0.385. The number of amides is 1. The van der Waals surface area contributed by atoms with Crippen LogP contribution in [0.4, 0.5) is 0 Å². The van der Waals surface area contributed by atoms with Gasteiger partial charge in [0.15, 0.2) is 0 Å². The summed E-state index contributed by atoms with van der Waals surface area (Å²) in [6.07, 6.45) is 1.54. The zero-order valence-electron chi connectivity index (χ0n) is 10.2. The summed E-state index contributed by atoms with van der Waals surface area (Å²) in [7, 11) is 0. The van der Waals surface area contributed by atoms with Gasteiger partial charge < -0.3 is 16.0 Å². The molecular formula is C13H16N4O. The van der Waals surface area contributed by atoms with Crippen LogP contribution in [0.1, 0.15) is 31.6 Å². The second-order valence-corrected chi connectivity index (χ2v) is 4.99. The highest BCUT2D eigenvalue weighted by Crippen LogP contribution is 2.32. The number of aromatic nitrogens is 2. The summed E-state index contributed by atoms with van der Waals surface area (Å²) in [4.78, 5) is 19.5. The SMILES string of the molecule is CC(NC(=O)C1(N)CC1)c1nc2ccccc2[nH]1. The number of rotatable bonds is 3. The smallest absolute Gasteiger partial charge is 0.240 e. The number of nitrogens with two attached hydrogens (primary N) is 1. The van der Waals surface area contributed by atoms with Crippen molar-refractivity contribution in [1.82, 2.24) is 15.3 Å². The number of imidazole rings is 1. The number of benzene rings is 1. The van der Waals surface area contributed by atoms with Crippen molar-refractivity contribution in [2.24, 2.45) is 5.73 Å². The van der Waals surface area contributed by atoms with E-state index in [2.05, 4.69) is 15.3 Å². The third kappa shape index (κ3) is 1.86. The molecule has 1 fully saturated rings. The zero-order chi connectivity index (χ0) is 12.8. The molecule has 5 nitrogen and oxygen atoms in total. The number of hydrogen-bond donors (Lipinski definition) is 3. The third-order valence-corrected chi connectivity index (χ3v) is 3.41. The van der Waals surface area contributed by atoms with Crippen LogP contribution < -0.4 is 11.1 Å². The first-order valence-corrected chi connectivity index (χ1v) is 6.13. The molecule has 1 saturated carbocycles. The lowest BCUT2D eigenvalue weighted by Gasteiger charge is -2.14. The fourth-order valence-electron chi connectivity index (χ4n) is 1.95. The first-order valence-electron chi connectivity index (χ1n) is 6.13. The van der Waals surface area contributed by atoms with Crippen molar-refractivity contribution in [3.63, 3.8) is 0 Å². The predicted molar refractivity (Wildman–Crippen MR) is 68.8 cm³/mol. The summed E-state index contributed by atoms with van der Waals surface area (Å²) in [6, 6.07) is 7.63. The predicted octanol–water partition coefficient (Wildman–Crippen LogP) is 1.23. The topological polar surface area (TPSA) is 83.8 Å². The Hall–Kier alpha value is -1.88. The van der Waals surface area contributed by atoms with E-state index in [1.54, 1.807) is 0 Å². The standard InChI is InChI=1S/C13H16N4O/c1-8(15-12(18)13(14)6-7-13)11-16-9-4-2-3-5-10(9)17-11/h2-5,8H,6-7,14H2,1H3,(H,15,18)(H,16,17). The summed E-state index contributed by atoms with van der Waals surface area (Å²) in [5, 5.41) is 2.90. The van der Waals surface area contributed by atoms with Crippen LogP contribution in [0, 0.1) is 0 Å². The van der Waals surface area contributed by atoms with Crippen LogP contribution in [-0.4, -0.2) is 21.4 Å². The number of aromatic amines is 1. The number of carbonyl (C=O) groups excluding carboxylic acids is 1. The molecule has 1 atom stereocenters. The molecule has 3 rings (SSSR count). The van der Waals surface area contributed by atoms with Gasteiger partial charge in [0.1, 0.15) is 5.82 Å². The molecule has 1 aliphatic rings. The Bertz CT molecular complexity index is 567. The average molecular weight is 244 g/mol. The molecule has 5 heteroatoms. The average Bonchev–Trinajstić information content (AvgIpc) is 2.96. The molecule has 1 aromatic carbocycles. The molecule has 1 heterocycles. The van der Waals surface area contributed by atoms with Crippen LogP contribution in [0.15, 0.2) is 24.3 Å². The van der Waals surface area contributed by atoms with E-state index in [0.29, 0.717) is 0 Å². The molecule has 0 spiro atoms. The van der Waals surface area contributed by atoms with Gasteiger partial charge in [-0.1, -0.05) is 12.1 Å². The van der Waals surface area contributed by atoms with Gasteiger partial charge in [-0.25, -0.2) is 4.98 Å². The second kappa shape index (κ2) is 3.81. The van der Waals surface area contributed by atoms with Crippen LogP contribution in [-0.2, 0) is 4.79 Å². The van der Waals surface area contributed by atoms with Gasteiger partial charge in [0.2, 0.25) is 5.91 Å². The second-order valence-electron chi connectivity index (χ2n) is 4.99. The molecule has 18 heavy (non-hydrogen) atoms. The first-order chi connectivity index (χ1) is 8.58. The van der Waals surface area contributed by atoms with E-state index in [1.807, 2.05) is 31.2 Å². The monoisotopic (exact) mass is 244 g/mol. The van der Waals surface area contributed by atoms with Crippen LogP contribution in [0.5, 0.6) is 0 Å². The summed E-state index contributed by atoms with van der Waals surface area (Å²) in [5.74, 6) is 0.671. The van der Waals surface area contributed by atoms with Gasteiger partial charge in [-0.2, -0.15) is 0 Å². The highest BCUT2D eigenvalue weighted by molar-refractivity contribution is 5.89. The van der Waals surface area contributed by atoms with Crippen molar-refractivity contribution >= 4 is 16.9 Å². The maximum Gasteiger partial charge on any atom is 0.240 e. The Kier molecular flexibility index (Phi) is 2.38. The number of nitrogens with zero attached hydrogens (tertiary/aromatic N) is 1. The van der Waals surface area contributed by atoms with Gasteiger partial charge in [-0.05, 0) is 31.9 Å². The highest BCUT2D eigenvalue weighted by atomic mass is 16.2. The van der Waals surface area contributed by atoms with Crippen LogP contribution in [0.3, 0.4) is 0 Å². The Balaban J connectivity index is 1.79. The molecule has 1 aliphatic carbocycles. The summed E-state index contributed by atoms with van der Waals surface area (Å²) < 4.78 is 0. The van der Waals surface area contributed by atoms with Crippen LogP contribution >= 0.6 is 0 Å². The molecule has 94 valence electrons. The third-order valence-electron chi connectivity index (χ3n) is 3.41. The molecule has 1 aromatic heterocycles. The minimum atomic E-state index is -0.639. The van der Waals surface area contributed by atoms with Crippen LogP contribution in [0.25, 0.3) is 11.0 Å². The quantitative estimate of drug-likeness (QED) is 0.759. The molecule has 1 unspecified atom stereocenters. The van der Waals surface area contributed by atoms with Crippen molar-refractivity contribution in [3.05, 3.63) is 30.1 Å². The highest BCUT2D eigenvalue weighted by Gasteiger charge is 2.46. The summed E-state index contributed by atoms with van der Waals surface area (Å²) in [6.45, 7) is 1.90. The molecule has 0 aliphatic heterocycles. The Labute approximate surface area is 105 Å². The lowest BCUT2D eigenvalue weighted by Crippen LogP contribution is -2.43. The van der Waals surface area contributed by atoms with Crippen molar-refractivity contribution in [2.75, 3.05) is 0 Å². The molecule has 4 N–H and O–H groups in total. The van der Waals surface area contributed by atoms with E-state index in [-0.39, 0.29) is 11.9 Å². The number of H-pyrrole nitrogens is 1. The Morgan fingerprint density at radius 2 is 2.22 bits per heavy atom. The molecule has 1 amide bonds. The molecular weight excluding hydrogens is 228 g/mol. The van der Waals surface area contributed by atoms with E-state index in [1.165, 1.54) is 0 Å². The first kappa shape index (κ1) is 11.2. The fourth-order valence-corrected chi connectivity index (χ4v) is 1.95.